The van der Waals surface area contributed by atoms with E-state index in [1.165, 1.54) is 30.3 Å². The van der Waals surface area contributed by atoms with Gasteiger partial charge in [-0.15, -0.1) is 0 Å². The van der Waals surface area contributed by atoms with Crippen molar-refractivity contribution >= 4 is 51.6 Å². The Morgan fingerprint density at radius 2 is 1.53 bits per heavy atom. The molecular formula is C30H24ClF7N4O3. The third-order valence-electron chi connectivity index (χ3n) is 6.48. The van der Waals surface area contributed by atoms with E-state index in [2.05, 4.69) is 10.6 Å². The van der Waals surface area contributed by atoms with Crippen LogP contribution in [-0.2, 0) is 24.1 Å². The van der Waals surface area contributed by atoms with E-state index in [9.17, 15) is 45.1 Å². The van der Waals surface area contributed by atoms with Gasteiger partial charge in [0.05, 0.1) is 16.1 Å². The van der Waals surface area contributed by atoms with Gasteiger partial charge in [-0.1, -0.05) is 31.5 Å². The summed E-state index contributed by atoms with van der Waals surface area (Å²) in [6.07, 6.45) is -9.74. The summed E-state index contributed by atoms with van der Waals surface area (Å²) >= 11 is 6.21. The molecule has 0 unspecified atom stereocenters. The van der Waals surface area contributed by atoms with E-state index in [0.29, 0.717) is 22.3 Å². The van der Waals surface area contributed by atoms with Gasteiger partial charge in [-0.05, 0) is 60.2 Å². The summed E-state index contributed by atoms with van der Waals surface area (Å²) in [4.78, 5) is 37.9. The Morgan fingerprint density at radius 1 is 0.844 bits per heavy atom. The molecule has 0 aliphatic carbocycles. The summed E-state index contributed by atoms with van der Waals surface area (Å²) in [5, 5.41) is 7.49. The van der Waals surface area contributed by atoms with Crippen LogP contribution in [0.25, 0.3) is 10.9 Å². The molecule has 3 aromatic carbocycles. The van der Waals surface area contributed by atoms with Crippen LogP contribution in [0.3, 0.4) is 0 Å². The standard InChI is InChI=1S/C30H24ClF7N4O3/c1-15(2)26(43)39-13-16-3-5-23(31)22(7-16)27(44)40-20-4-6-24-17(8-20)9-25(42(24)14-29(33,34)35)28(45)41-21-11-18(30(36,37)38)10-19(32)12-21/h3-12,15H,13-14H2,1-2H3,(H,39,43)(H,40,44)(H,41,45). The van der Waals surface area contributed by atoms with Crippen LogP contribution in [0.15, 0.2) is 60.7 Å². The highest BCUT2D eigenvalue weighted by atomic mass is 35.5. The maximum Gasteiger partial charge on any atom is 0.416 e. The van der Waals surface area contributed by atoms with Crippen molar-refractivity contribution in [2.24, 2.45) is 5.92 Å². The minimum Gasteiger partial charge on any atom is -0.352 e. The maximum atomic E-state index is 13.8. The number of fused-ring (bicyclic) bond motifs is 1. The van der Waals surface area contributed by atoms with Crippen molar-refractivity contribution in [2.45, 2.75) is 39.3 Å². The Kier molecular flexibility index (Phi) is 9.47. The van der Waals surface area contributed by atoms with E-state index >= 15 is 0 Å². The molecule has 0 saturated carbocycles. The Labute approximate surface area is 256 Å². The van der Waals surface area contributed by atoms with Crippen LogP contribution in [0.4, 0.5) is 42.1 Å². The minimum atomic E-state index is -4.94. The lowest BCUT2D eigenvalue weighted by atomic mass is 10.1. The van der Waals surface area contributed by atoms with Crippen LogP contribution in [-0.4, -0.2) is 28.5 Å². The summed E-state index contributed by atoms with van der Waals surface area (Å²) in [6, 6.07) is 10.7. The largest absolute Gasteiger partial charge is 0.416 e. The number of benzene rings is 3. The van der Waals surface area contributed by atoms with Gasteiger partial charge in [0.2, 0.25) is 5.91 Å². The average molecular weight is 657 g/mol. The number of aromatic nitrogens is 1. The molecule has 1 aromatic heterocycles. The van der Waals surface area contributed by atoms with Crippen LogP contribution in [0.2, 0.25) is 5.02 Å². The normalized spacial score (nSPS) is 12.0. The molecule has 4 rings (SSSR count). The number of halogens is 8. The second-order valence-electron chi connectivity index (χ2n) is 10.3. The Hall–Kier alpha value is -4.59. The fourth-order valence-electron chi connectivity index (χ4n) is 4.36. The first-order valence-electron chi connectivity index (χ1n) is 13.2. The van der Waals surface area contributed by atoms with Crippen molar-refractivity contribution in [3.63, 3.8) is 0 Å². The summed E-state index contributed by atoms with van der Waals surface area (Å²) in [5.41, 5.74) is -1.93. The van der Waals surface area contributed by atoms with Crippen LogP contribution >= 0.6 is 11.6 Å². The molecule has 4 aromatic rings. The highest BCUT2D eigenvalue weighted by molar-refractivity contribution is 6.34. The molecular weight excluding hydrogens is 633 g/mol. The second kappa shape index (κ2) is 12.8. The number of nitrogens with one attached hydrogen (secondary N) is 3. The number of amides is 3. The van der Waals surface area contributed by atoms with Crippen molar-refractivity contribution in [3.05, 3.63) is 93.9 Å². The molecule has 0 fully saturated rings. The highest BCUT2D eigenvalue weighted by Crippen LogP contribution is 2.33. The number of hydrogen-bond donors (Lipinski definition) is 3. The zero-order valence-electron chi connectivity index (χ0n) is 23.5. The summed E-state index contributed by atoms with van der Waals surface area (Å²) in [6.45, 7) is 1.94. The molecule has 15 heteroatoms. The molecule has 0 radical (unpaired) electrons. The van der Waals surface area contributed by atoms with E-state index < -0.39 is 53.5 Å². The van der Waals surface area contributed by atoms with Gasteiger partial charge in [-0.25, -0.2) is 4.39 Å². The van der Waals surface area contributed by atoms with Gasteiger partial charge in [-0.3, -0.25) is 14.4 Å². The van der Waals surface area contributed by atoms with Crippen molar-refractivity contribution < 1.29 is 45.1 Å². The number of carbonyl (C=O) groups is 3. The molecule has 7 nitrogen and oxygen atoms in total. The average Bonchev–Trinajstić information content (AvgIpc) is 3.27. The summed E-state index contributed by atoms with van der Waals surface area (Å²) in [5.74, 6) is -3.67. The first kappa shape index (κ1) is 33.3. The molecule has 0 aliphatic rings. The molecule has 3 amide bonds. The molecule has 0 spiro atoms. The molecule has 0 bridgehead atoms. The number of rotatable bonds is 8. The van der Waals surface area contributed by atoms with E-state index in [-0.39, 0.29) is 51.6 Å². The molecule has 238 valence electrons. The number of anilines is 2. The van der Waals surface area contributed by atoms with E-state index in [1.54, 1.807) is 19.9 Å². The second-order valence-corrected chi connectivity index (χ2v) is 10.7. The van der Waals surface area contributed by atoms with Crippen LogP contribution in [0.5, 0.6) is 0 Å². The molecule has 3 N–H and O–H groups in total. The topological polar surface area (TPSA) is 92.2 Å². The molecule has 45 heavy (non-hydrogen) atoms. The lowest BCUT2D eigenvalue weighted by molar-refractivity contribution is -0.140. The molecule has 1 heterocycles. The zero-order valence-corrected chi connectivity index (χ0v) is 24.2. The van der Waals surface area contributed by atoms with Crippen molar-refractivity contribution in [3.8, 4) is 0 Å². The quantitative estimate of drug-likeness (QED) is 0.169. The van der Waals surface area contributed by atoms with Crippen molar-refractivity contribution in [1.29, 1.82) is 0 Å². The van der Waals surface area contributed by atoms with Gasteiger partial charge >= 0.3 is 12.4 Å². The monoisotopic (exact) mass is 656 g/mol. The number of nitrogens with zero attached hydrogens (tertiary/aromatic N) is 1. The van der Waals surface area contributed by atoms with E-state index in [0.717, 1.165) is 6.07 Å². The predicted octanol–water partition coefficient (Wildman–Crippen LogP) is 7.79. The number of carbonyl (C=O) groups excluding carboxylic acids is 3. The molecule has 0 saturated heterocycles. The van der Waals surface area contributed by atoms with Gasteiger partial charge in [-0.2, -0.15) is 26.3 Å². The van der Waals surface area contributed by atoms with Gasteiger partial charge < -0.3 is 20.5 Å². The first-order valence-corrected chi connectivity index (χ1v) is 13.6. The minimum absolute atomic E-state index is 0.0519. The Morgan fingerprint density at radius 3 is 2.18 bits per heavy atom. The van der Waals surface area contributed by atoms with Crippen LogP contribution in [0.1, 0.15) is 45.8 Å². The van der Waals surface area contributed by atoms with Crippen molar-refractivity contribution in [2.75, 3.05) is 10.6 Å². The number of alkyl halides is 6. The maximum absolute atomic E-state index is 13.8. The lowest BCUT2D eigenvalue weighted by Gasteiger charge is -2.14. The number of hydrogen-bond acceptors (Lipinski definition) is 3. The smallest absolute Gasteiger partial charge is 0.352 e. The fourth-order valence-corrected chi connectivity index (χ4v) is 4.56. The summed E-state index contributed by atoms with van der Waals surface area (Å²) < 4.78 is 94.2. The van der Waals surface area contributed by atoms with E-state index in [4.69, 9.17) is 11.6 Å². The van der Waals surface area contributed by atoms with Crippen LogP contribution in [0, 0.1) is 11.7 Å². The Balaban J connectivity index is 1.63. The van der Waals surface area contributed by atoms with Crippen molar-refractivity contribution in [1.82, 2.24) is 9.88 Å². The van der Waals surface area contributed by atoms with Gasteiger partial charge in [0.15, 0.2) is 0 Å². The lowest BCUT2D eigenvalue weighted by Crippen LogP contribution is -2.27. The third kappa shape index (κ3) is 8.32. The molecule has 0 atom stereocenters. The Bertz CT molecular complexity index is 1780. The third-order valence-corrected chi connectivity index (χ3v) is 6.81. The fraction of sp³-hybridized carbons (Fsp3) is 0.233. The predicted molar refractivity (Wildman–Crippen MR) is 153 cm³/mol. The van der Waals surface area contributed by atoms with Gasteiger partial charge in [0.1, 0.15) is 18.1 Å². The van der Waals surface area contributed by atoms with Gasteiger partial charge in [0.25, 0.3) is 11.8 Å². The first-order chi connectivity index (χ1) is 20.9. The zero-order chi connectivity index (χ0) is 33.3. The summed E-state index contributed by atoms with van der Waals surface area (Å²) in [7, 11) is 0. The van der Waals surface area contributed by atoms with Gasteiger partial charge in [0, 0.05) is 34.7 Å². The SMILES string of the molecule is CC(C)C(=O)NCc1ccc(Cl)c(C(=O)Nc2ccc3c(c2)cc(C(=O)Nc2cc(F)cc(C(F)(F)F)c2)n3CC(F)(F)F)c1. The highest BCUT2D eigenvalue weighted by Gasteiger charge is 2.33. The molecule has 0 aliphatic heterocycles. The van der Waals surface area contributed by atoms with E-state index in [1.807, 2.05) is 5.32 Å². The van der Waals surface area contributed by atoms with Crippen LogP contribution < -0.4 is 16.0 Å².